The molecule has 4 heteroatoms. The molecule has 1 N–H and O–H groups in total. The predicted octanol–water partition coefficient (Wildman–Crippen LogP) is 2.12. The summed E-state index contributed by atoms with van der Waals surface area (Å²) in [6, 6.07) is 2.06. The fourth-order valence-electron chi connectivity index (χ4n) is 2.45. The number of rotatable bonds is 4. The molecule has 1 aliphatic rings. The summed E-state index contributed by atoms with van der Waals surface area (Å²) in [4.78, 5) is 11.5. The highest BCUT2D eigenvalue weighted by Gasteiger charge is 2.23. The average molecular weight is 249 g/mol. The van der Waals surface area contributed by atoms with Crippen LogP contribution in [0.1, 0.15) is 44.1 Å². The Bertz CT molecular complexity index is 406. The molecule has 0 bridgehead atoms. The van der Waals surface area contributed by atoms with Crippen LogP contribution in [0.3, 0.4) is 0 Å². The summed E-state index contributed by atoms with van der Waals surface area (Å²) in [5, 5.41) is 9.00. The lowest BCUT2D eigenvalue weighted by Crippen LogP contribution is -2.22. The minimum Gasteiger partial charge on any atom is -0.396 e. The summed E-state index contributed by atoms with van der Waals surface area (Å²) in [7, 11) is 0. The van der Waals surface area contributed by atoms with E-state index < -0.39 is 0 Å². The maximum atomic E-state index is 9.00. The van der Waals surface area contributed by atoms with E-state index in [1.807, 2.05) is 6.92 Å². The zero-order valence-electron chi connectivity index (χ0n) is 11.6. The SMILES string of the molecule is Cc1cc(N2CCC(CCO)C2)nc(C(C)C)n1. The molecule has 1 aromatic rings. The highest BCUT2D eigenvalue weighted by atomic mass is 16.3. The second kappa shape index (κ2) is 5.65. The number of aryl methyl sites for hydroxylation is 1. The molecule has 1 saturated heterocycles. The first kappa shape index (κ1) is 13.3. The minimum absolute atomic E-state index is 0.290. The first-order valence-electron chi connectivity index (χ1n) is 6.81. The van der Waals surface area contributed by atoms with E-state index in [0.717, 1.165) is 43.3 Å². The van der Waals surface area contributed by atoms with E-state index in [1.165, 1.54) is 0 Å². The van der Waals surface area contributed by atoms with Gasteiger partial charge in [-0.1, -0.05) is 13.8 Å². The standard InChI is InChI=1S/C14H23N3O/c1-10(2)14-15-11(3)8-13(16-14)17-6-4-12(9-17)5-7-18/h8,10,12,18H,4-7,9H2,1-3H3. The fourth-order valence-corrected chi connectivity index (χ4v) is 2.45. The van der Waals surface area contributed by atoms with Crippen molar-refractivity contribution < 1.29 is 5.11 Å². The molecule has 1 aromatic heterocycles. The molecule has 4 nitrogen and oxygen atoms in total. The molecule has 0 aromatic carbocycles. The summed E-state index contributed by atoms with van der Waals surface area (Å²) in [6.45, 7) is 8.61. The molecule has 100 valence electrons. The van der Waals surface area contributed by atoms with Gasteiger partial charge < -0.3 is 10.0 Å². The maximum absolute atomic E-state index is 9.00. The van der Waals surface area contributed by atoms with Crippen LogP contribution in [-0.2, 0) is 0 Å². The summed E-state index contributed by atoms with van der Waals surface area (Å²) in [5.41, 5.74) is 1.04. The molecular formula is C14H23N3O. The molecule has 0 aliphatic carbocycles. The lowest BCUT2D eigenvalue weighted by atomic mass is 10.1. The average Bonchev–Trinajstić information content (AvgIpc) is 2.77. The number of aliphatic hydroxyl groups is 1. The van der Waals surface area contributed by atoms with E-state index in [9.17, 15) is 0 Å². The van der Waals surface area contributed by atoms with Crippen LogP contribution >= 0.6 is 0 Å². The van der Waals surface area contributed by atoms with Crippen LogP contribution in [-0.4, -0.2) is 34.8 Å². The van der Waals surface area contributed by atoms with E-state index in [4.69, 9.17) is 5.11 Å². The van der Waals surface area contributed by atoms with Crippen molar-refractivity contribution in [1.82, 2.24) is 9.97 Å². The Hall–Kier alpha value is -1.16. The Balaban J connectivity index is 2.14. The zero-order valence-corrected chi connectivity index (χ0v) is 11.6. The van der Waals surface area contributed by atoms with Gasteiger partial charge in [0, 0.05) is 37.4 Å². The van der Waals surface area contributed by atoms with Gasteiger partial charge in [-0.05, 0) is 25.7 Å². The van der Waals surface area contributed by atoms with Crippen molar-refractivity contribution in [2.45, 2.75) is 39.5 Å². The van der Waals surface area contributed by atoms with Crippen LogP contribution in [0.25, 0.3) is 0 Å². The van der Waals surface area contributed by atoms with Gasteiger partial charge in [-0.15, -0.1) is 0 Å². The Labute approximate surface area is 109 Å². The molecule has 0 spiro atoms. The second-order valence-electron chi connectivity index (χ2n) is 5.49. The van der Waals surface area contributed by atoms with Crippen LogP contribution in [0.2, 0.25) is 0 Å². The number of hydrogen-bond acceptors (Lipinski definition) is 4. The quantitative estimate of drug-likeness (QED) is 0.888. The van der Waals surface area contributed by atoms with Gasteiger partial charge in [0.05, 0.1) is 0 Å². The molecule has 1 unspecified atom stereocenters. The molecule has 1 aliphatic heterocycles. The Kier molecular flexibility index (Phi) is 4.17. The van der Waals surface area contributed by atoms with Crippen molar-refractivity contribution >= 4 is 5.82 Å². The number of nitrogens with zero attached hydrogens (tertiary/aromatic N) is 3. The number of aliphatic hydroxyl groups excluding tert-OH is 1. The van der Waals surface area contributed by atoms with E-state index in [-0.39, 0.29) is 0 Å². The number of aromatic nitrogens is 2. The molecule has 1 fully saturated rings. The first-order chi connectivity index (χ1) is 8.60. The van der Waals surface area contributed by atoms with Crippen molar-refractivity contribution in [1.29, 1.82) is 0 Å². The van der Waals surface area contributed by atoms with Gasteiger partial charge in [0.25, 0.3) is 0 Å². The Morgan fingerprint density at radius 2 is 2.22 bits per heavy atom. The van der Waals surface area contributed by atoms with Crippen molar-refractivity contribution in [3.05, 3.63) is 17.6 Å². The molecule has 0 radical (unpaired) electrons. The summed E-state index contributed by atoms with van der Waals surface area (Å²) in [6.07, 6.45) is 2.05. The molecule has 1 atom stereocenters. The Morgan fingerprint density at radius 3 is 2.89 bits per heavy atom. The lowest BCUT2D eigenvalue weighted by molar-refractivity contribution is 0.263. The van der Waals surface area contributed by atoms with Crippen molar-refractivity contribution in [3.63, 3.8) is 0 Å². The summed E-state index contributed by atoms with van der Waals surface area (Å²) in [5.74, 6) is 2.94. The number of hydrogen-bond donors (Lipinski definition) is 1. The fraction of sp³-hybridized carbons (Fsp3) is 0.714. The summed E-state index contributed by atoms with van der Waals surface area (Å²) >= 11 is 0. The Morgan fingerprint density at radius 1 is 1.44 bits per heavy atom. The molecule has 0 amide bonds. The van der Waals surface area contributed by atoms with Crippen LogP contribution in [0.15, 0.2) is 6.07 Å². The highest BCUT2D eigenvalue weighted by molar-refractivity contribution is 5.41. The molecular weight excluding hydrogens is 226 g/mol. The number of anilines is 1. The molecule has 18 heavy (non-hydrogen) atoms. The maximum Gasteiger partial charge on any atom is 0.133 e. The third-order valence-corrected chi connectivity index (χ3v) is 3.52. The first-order valence-corrected chi connectivity index (χ1v) is 6.81. The smallest absolute Gasteiger partial charge is 0.133 e. The van der Waals surface area contributed by atoms with Gasteiger partial charge in [0.1, 0.15) is 11.6 Å². The highest BCUT2D eigenvalue weighted by Crippen LogP contribution is 2.25. The van der Waals surface area contributed by atoms with Gasteiger partial charge >= 0.3 is 0 Å². The molecule has 2 rings (SSSR count). The van der Waals surface area contributed by atoms with Crippen LogP contribution < -0.4 is 4.90 Å². The normalized spacial score (nSPS) is 19.8. The van der Waals surface area contributed by atoms with Crippen LogP contribution in [0.4, 0.5) is 5.82 Å². The van der Waals surface area contributed by atoms with Gasteiger partial charge in [-0.2, -0.15) is 0 Å². The molecule has 0 saturated carbocycles. The topological polar surface area (TPSA) is 49.2 Å². The van der Waals surface area contributed by atoms with Crippen molar-refractivity contribution in [2.75, 3.05) is 24.6 Å². The van der Waals surface area contributed by atoms with Gasteiger partial charge in [-0.25, -0.2) is 9.97 Å². The van der Waals surface area contributed by atoms with Crippen molar-refractivity contribution in [2.24, 2.45) is 5.92 Å². The van der Waals surface area contributed by atoms with E-state index in [2.05, 4.69) is 34.8 Å². The van der Waals surface area contributed by atoms with Gasteiger partial charge in [0.15, 0.2) is 0 Å². The van der Waals surface area contributed by atoms with Crippen LogP contribution in [0, 0.1) is 12.8 Å². The van der Waals surface area contributed by atoms with E-state index >= 15 is 0 Å². The van der Waals surface area contributed by atoms with Gasteiger partial charge in [-0.3, -0.25) is 0 Å². The lowest BCUT2D eigenvalue weighted by Gasteiger charge is -2.19. The third-order valence-electron chi connectivity index (χ3n) is 3.52. The van der Waals surface area contributed by atoms with E-state index in [1.54, 1.807) is 0 Å². The largest absolute Gasteiger partial charge is 0.396 e. The van der Waals surface area contributed by atoms with Crippen molar-refractivity contribution in [3.8, 4) is 0 Å². The third kappa shape index (κ3) is 2.99. The van der Waals surface area contributed by atoms with Gasteiger partial charge in [0.2, 0.25) is 0 Å². The van der Waals surface area contributed by atoms with E-state index in [0.29, 0.717) is 18.4 Å². The minimum atomic E-state index is 0.290. The predicted molar refractivity (Wildman–Crippen MR) is 72.9 cm³/mol. The monoisotopic (exact) mass is 249 g/mol. The van der Waals surface area contributed by atoms with Crippen LogP contribution in [0.5, 0.6) is 0 Å². The molecule has 2 heterocycles. The zero-order chi connectivity index (χ0) is 13.1. The summed E-state index contributed by atoms with van der Waals surface area (Å²) < 4.78 is 0. The second-order valence-corrected chi connectivity index (χ2v) is 5.49.